The molecule has 2 fully saturated rings. The van der Waals surface area contributed by atoms with Crippen LogP contribution in [0.4, 0.5) is 0 Å². The summed E-state index contributed by atoms with van der Waals surface area (Å²) in [5.41, 5.74) is 4.57. The highest BCUT2D eigenvalue weighted by Crippen LogP contribution is 2.25. The van der Waals surface area contributed by atoms with Gasteiger partial charge in [-0.05, 0) is 73.8 Å². The lowest BCUT2D eigenvalue weighted by molar-refractivity contribution is 0.0388. The topological polar surface area (TPSA) is 72.9 Å². The van der Waals surface area contributed by atoms with Gasteiger partial charge in [0.25, 0.3) is 5.91 Å². The second-order valence-corrected chi connectivity index (χ2v) is 10.1. The third-order valence-corrected chi connectivity index (χ3v) is 7.54. The molecule has 2 atom stereocenters. The minimum atomic E-state index is -0.125. The molecule has 2 aromatic rings. The van der Waals surface area contributed by atoms with E-state index in [0.717, 1.165) is 71.2 Å². The second kappa shape index (κ2) is 11.5. The molecule has 3 aliphatic rings. The fourth-order valence-corrected chi connectivity index (χ4v) is 5.42. The molecule has 0 bridgehead atoms. The number of carbonyl (C=O) groups excluding carboxylic acids is 1. The van der Waals surface area contributed by atoms with Crippen LogP contribution < -0.4 is 10.1 Å². The van der Waals surface area contributed by atoms with Gasteiger partial charge in [-0.3, -0.25) is 9.69 Å². The van der Waals surface area contributed by atoms with Crippen molar-refractivity contribution in [3.63, 3.8) is 0 Å². The Morgan fingerprint density at radius 1 is 1.14 bits per heavy atom. The molecule has 1 aromatic heterocycles. The third-order valence-electron chi connectivity index (χ3n) is 7.54. The molecule has 2 aliphatic heterocycles. The van der Waals surface area contributed by atoms with Crippen molar-refractivity contribution in [2.45, 2.75) is 69.7 Å². The molecule has 0 spiro atoms. The van der Waals surface area contributed by atoms with Gasteiger partial charge in [-0.2, -0.15) is 0 Å². The lowest BCUT2D eigenvalue weighted by Gasteiger charge is -2.31. The molecular weight excluding hydrogens is 442 g/mol. The summed E-state index contributed by atoms with van der Waals surface area (Å²) in [7, 11) is 1.81. The maximum absolute atomic E-state index is 12.8. The summed E-state index contributed by atoms with van der Waals surface area (Å²) in [5.74, 6) is 0.544. The van der Waals surface area contributed by atoms with E-state index < -0.39 is 0 Å². The van der Waals surface area contributed by atoms with Crippen LogP contribution in [0.2, 0.25) is 0 Å². The molecule has 0 saturated carbocycles. The molecule has 1 N–H and O–H groups in total. The van der Waals surface area contributed by atoms with Crippen molar-refractivity contribution in [1.82, 2.24) is 15.2 Å². The van der Waals surface area contributed by atoms with Crippen molar-refractivity contribution in [3.8, 4) is 5.75 Å². The van der Waals surface area contributed by atoms with E-state index >= 15 is 0 Å². The zero-order valence-electron chi connectivity index (χ0n) is 20.7. The number of fused-ring (bicyclic) bond motifs is 1. The molecule has 1 amide bonds. The van der Waals surface area contributed by atoms with Gasteiger partial charge < -0.3 is 19.5 Å². The zero-order valence-corrected chi connectivity index (χ0v) is 20.7. The summed E-state index contributed by atoms with van der Waals surface area (Å²) >= 11 is 0. The Morgan fingerprint density at radius 2 is 2.03 bits per heavy atom. The van der Waals surface area contributed by atoms with E-state index in [4.69, 9.17) is 14.2 Å². The van der Waals surface area contributed by atoms with E-state index in [0.29, 0.717) is 24.2 Å². The number of amides is 1. The number of carbonyl (C=O) groups is 1. The third kappa shape index (κ3) is 6.40. The fourth-order valence-electron chi connectivity index (χ4n) is 5.42. The van der Waals surface area contributed by atoms with Gasteiger partial charge in [0, 0.05) is 39.4 Å². The van der Waals surface area contributed by atoms with E-state index in [2.05, 4.69) is 33.4 Å². The van der Waals surface area contributed by atoms with Crippen LogP contribution >= 0.6 is 0 Å². The monoisotopic (exact) mass is 479 g/mol. The average Bonchev–Trinajstić information content (AvgIpc) is 3.42. The highest BCUT2D eigenvalue weighted by atomic mass is 16.5. The van der Waals surface area contributed by atoms with Gasteiger partial charge in [0.05, 0.1) is 18.4 Å². The molecule has 3 heterocycles. The Morgan fingerprint density at radius 3 is 2.77 bits per heavy atom. The maximum Gasteiger partial charge on any atom is 0.270 e. The van der Waals surface area contributed by atoms with Crippen molar-refractivity contribution in [2.24, 2.45) is 0 Å². The molecule has 7 heteroatoms. The number of rotatable bonds is 8. The van der Waals surface area contributed by atoms with Crippen LogP contribution in [0.1, 0.15) is 59.3 Å². The normalized spacial score (nSPS) is 23.1. The molecule has 1 aromatic carbocycles. The molecule has 2 saturated heterocycles. The number of ether oxygens (including phenoxy) is 3. The first-order valence-corrected chi connectivity index (χ1v) is 13.0. The standard InChI is InChI=1S/C28H37N3O4/c1-33-24-10-12-31(13-11-24)18-20-4-5-22-16-23(7-6-21(22)15-20)30-28(32)27-9-8-25(17-29-27)35-19-26-3-2-14-34-26/h4-5,8-9,15,17,23-24,26H,2-3,6-7,10-14,16,18-19H2,1H3,(H,30,32)/t23-,26-/m0/s1. The summed E-state index contributed by atoms with van der Waals surface area (Å²) < 4.78 is 16.8. The van der Waals surface area contributed by atoms with Crippen molar-refractivity contribution in [2.75, 3.05) is 33.4 Å². The number of hydrogen-bond donors (Lipinski definition) is 1. The number of hydrogen-bond acceptors (Lipinski definition) is 6. The minimum absolute atomic E-state index is 0.125. The number of aromatic nitrogens is 1. The fraction of sp³-hybridized carbons (Fsp3) is 0.571. The summed E-state index contributed by atoms with van der Waals surface area (Å²) in [6.07, 6.45) is 9.36. The number of nitrogens with one attached hydrogen (secondary N) is 1. The number of piperidine rings is 1. The lowest BCUT2D eigenvalue weighted by atomic mass is 9.87. The molecule has 188 valence electrons. The van der Waals surface area contributed by atoms with E-state index in [1.54, 1.807) is 12.3 Å². The molecule has 7 nitrogen and oxygen atoms in total. The quantitative estimate of drug-likeness (QED) is 0.625. The highest BCUT2D eigenvalue weighted by Gasteiger charge is 2.23. The largest absolute Gasteiger partial charge is 0.489 e. The van der Waals surface area contributed by atoms with Crippen molar-refractivity contribution < 1.29 is 19.0 Å². The SMILES string of the molecule is COC1CCN(Cc2ccc3c(c2)CC[C@H](NC(=O)c2ccc(OC[C@@H]4CCCO4)cn2)C3)CC1. The van der Waals surface area contributed by atoms with Gasteiger partial charge in [0.1, 0.15) is 18.1 Å². The number of nitrogens with zero attached hydrogens (tertiary/aromatic N) is 2. The maximum atomic E-state index is 12.8. The Hall–Kier alpha value is -2.48. The van der Waals surface area contributed by atoms with E-state index in [-0.39, 0.29) is 18.1 Å². The summed E-state index contributed by atoms with van der Waals surface area (Å²) in [5, 5.41) is 3.18. The predicted molar refractivity (Wildman–Crippen MR) is 134 cm³/mol. The van der Waals surface area contributed by atoms with Crippen molar-refractivity contribution in [3.05, 3.63) is 58.9 Å². The Bertz CT molecular complexity index is 982. The van der Waals surface area contributed by atoms with Gasteiger partial charge >= 0.3 is 0 Å². The predicted octanol–water partition coefficient (Wildman–Crippen LogP) is 3.54. The van der Waals surface area contributed by atoms with Crippen LogP contribution in [-0.2, 0) is 28.9 Å². The first-order valence-electron chi connectivity index (χ1n) is 13.0. The number of aryl methyl sites for hydroxylation is 1. The van der Waals surface area contributed by atoms with Gasteiger partial charge in [-0.25, -0.2) is 4.98 Å². The first kappa shape index (κ1) is 24.2. The highest BCUT2D eigenvalue weighted by molar-refractivity contribution is 5.92. The Balaban J connectivity index is 1.10. The van der Waals surface area contributed by atoms with Crippen LogP contribution in [0, 0.1) is 0 Å². The second-order valence-electron chi connectivity index (χ2n) is 10.1. The van der Waals surface area contributed by atoms with Crippen molar-refractivity contribution in [1.29, 1.82) is 0 Å². The molecule has 35 heavy (non-hydrogen) atoms. The summed E-state index contributed by atoms with van der Waals surface area (Å²) in [4.78, 5) is 19.6. The van der Waals surface area contributed by atoms with Crippen LogP contribution in [0.25, 0.3) is 0 Å². The number of pyridine rings is 1. The van der Waals surface area contributed by atoms with E-state index in [1.807, 2.05) is 13.2 Å². The van der Waals surface area contributed by atoms with Crippen LogP contribution in [0.5, 0.6) is 5.75 Å². The number of methoxy groups -OCH3 is 1. The van der Waals surface area contributed by atoms with Gasteiger partial charge in [0.2, 0.25) is 0 Å². The molecular formula is C28H37N3O4. The Kier molecular flexibility index (Phi) is 7.96. The first-order chi connectivity index (χ1) is 17.2. The number of likely N-dealkylation sites (tertiary alicyclic amines) is 1. The molecule has 5 rings (SSSR count). The minimum Gasteiger partial charge on any atom is -0.489 e. The van der Waals surface area contributed by atoms with E-state index in [9.17, 15) is 4.79 Å². The van der Waals surface area contributed by atoms with Crippen LogP contribution in [0.3, 0.4) is 0 Å². The van der Waals surface area contributed by atoms with Crippen molar-refractivity contribution >= 4 is 5.91 Å². The molecule has 1 aliphatic carbocycles. The Labute approximate surface area is 208 Å². The van der Waals surface area contributed by atoms with Crippen LogP contribution in [-0.4, -0.2) is 67.5 Å². The summed E-state index contributed by atoms with van der Waals surface area (Å²) in [6, 6.07) is 10.6. The van der Waals surface area contributed by atoms with Gasteiger partial charge in [0.15, 0.2) is 0 Å². The van der Waals surface area contributed by atoms with Crippen LogP contribution in [0.15, 0.2) is 36.5 Å². The number of benzene rings is 1. The smallest absolute Gasteiger partial charge is 0.270 e. The zero-order chi connectivity index (χ0) is 24.0. The van der Waals surface area contributed by atoms with Gasteiger partial charge in [-0.15, -0.1) is 0 Å². The molecule has 0 radical (unpaired) electrons. The lowest BCUT2D eigenvalue weighted by Crippen LogP contribution is -2.39. The molecule has 0 unspecified atom stereocenters. The van der Waals surface area contributed by atoms with Gasteiger partial charge in [-0.1, -0.05) is 18.2 Å². The van der Waals surface area contributed by atoms with E-state index in [1.165, 1.54) is 16.7 Å². The summed E-state index contributed by atoms with van der Waals surface area (Å²) in [6.45, 7) is 4.54. The average molecular weight is 480 g/mol.